The molecule has 2 aromatic rings. The Kier molecular flexibility index (Phi) is 4.46. The molecule has 0 fully saturated rings. The maximum atomic E-state index is 9.13. The van der Waals surface area contributed by atoms with E-state index in [-0.39, 0.29) is 0 Å². The monoisotopic (exact) mass is 270 g/mol. The molecule has 0 amide bonds. The molecule has 0 unspecified atom stereocenters. The molecule has 2 heteroatoms. The Balaban J connectivity index is 2.41. The molecule has 0 spiro atoms. The molecule has 0 saturated carbocycles. The van der Waals surface area contributed by atoms with Crippen LogP contribution in [0.4, 0.5) is 0 Å². The maximum absolute atomic E-state index is 9.13. The van der Waals surface area contributed by atoms with Gasteiger partial charge in [0.1, 0.15) is 0 Å². The highest BCUT2D eigenvalue weighted by Gasteiger charge is 2.10. The van der Waals surface area contributed by atoms with E-state index in [4.69, 9.17) is 5.26 Å². The van der Waals surface area contributed by atoms with Crippen molar-refractivity contribution in [2.45, 2.75) is 39.5 Å². The molecule has 2 rings (SSSR count). The molecule has 106 valence electrons. The van der Waals surface area contributed by atoms with Gasteiger partial charge in [-0.2, -0.15) is 0 Å². The Morgan fingerprint density at radius 3 is 1.85 bits per heavy atom. The van der Waals surface area contributed by atoms with E-state index >= 15 is 0 Å². The van der Waals surface area contributed by atoms with Crippen molar-refractivity contribution in [3.05, 3.63) is 53.6 Å². The Morgan fingerprint density at radius 1 is 0.800 bits per heavy atom. The third kappa shape index (κ3) is 3.02. The molecule has 0 saturated heterocycles. The van der Waals surface area contributed by atoms with Crippen molar-refractivity contribution in [2.75, 3.05) is 0 Å². The highest BCUT2D eigenvalue weighted by atomic mass is 17.1. The van der Waals surface area contributed by atoms with Crippen LogP contribution in [0.1, 0.15) is 50.7 Å². The average Bonchev–Trinajstić information content (AvgIpc) is 2.46. The van der Waals surface area contributed by atoms with Crippen molar-refractivity contribution in [2.24, 2.45) is 0 Å². The van der Waals surface area contributed by atoms with Crippen molar-refractivity contribution in [3.8, 4) is 16.9 Å². The highest BCUT2D eigenvalue weighted by molar-refractivity contribution is 5.71. The summed E-state index contributed by atoms with van der Waals surface area (Å²) in [6.45, 7) is 8.59. The van der Waals surface area contributed by atoms with E-state index in [1.54, 1.807) is 0 Å². The molecule has 2 aromatic carbocycles. The zero-order valence-electron chi connectivity index (χ0n) is 12.6. The van der Waals surface area contributed by atoms with Gasteiger partial charge in [0.25, 0.3) is 0 Å². The first kappa shape index (κ1) is 14.6. The van der Waals surface area contributed by atoms with Gasteiger partial charge in [0, 0.05) is 5.56 Å². The van der Waals surface area contributed by atoms with Gasteiger partial charge in [0.05, 0.1) is 0 Å². The van der Waals surface area contributed by atoms with Gasteiger partial charge in [0.2, 0.25) is 0 Å². The summed E-state index contributed by atoms with van der Waals surface area (Å²) in [6, 6.07) is 14.4. The summed E-state index contributed by atoms with van der Waals surface area (Å²) in [4.78, 5) is 4.57. The molecule has 1 N–H and O–H groups in total. The van der Waals surface area contributed by atoms with Gasteiger partial charge >= 0.3 is 0 Å². The lowest BCUT2D eigenvalue weighted by molar-refractivity contribution is -0.137. The normalized spacial score (nSPS) is 11.2. The first-order valence-corrected chi connectivity index (χ1v) is 7.08. The maximum Gasteiger partial charge on any atom is 0.173 e. The van der Waals surface area contributed by atoms with E-state index < -0.39 is 0 Å². The number of hydrogen-bond acceptors (Lipinski definition) is 2. The van der Waals surface area contributed by atoms with Gasteiger partial charge in [-0.3, -0.25) is 0 Å². The molecule has 2 nitrogen and oxygen atoms in total. The average molecular weight is 270 g/mol. The van der Waals surface area contributed by atoms with Crippen molar-refractivity contribution in [3.63, 3.8) is 0 Å². The Morgan fingerprint density at radius 2 is 1.35 bits per heavy atom. The lowest BCUT2D eigenvalue weighted by atomic mass is 9.95. The molecule has 0 bridgehead atoms. The fourth-order valence-corrected chi connectivity index (χ4v) is 2.26. The van der Waals surface area contributed by atoms with Crippen molar-refractivity contribution < 1.29 is 10.1 Å². The van der Waals surface area contributed by atoms with Gasteiger partial charge < -0.3 is 4.89 Å². The number of rotatable bonds is 4. The van der Waals surface area contributed by atoms with Gasteiger partial charge in [-0.05, 0) is 34.6 Å². The van der Waals surface area contributed by atoms with Crippen LogP contribution in [0.5, 0.6) is 5.75 Å². The molecule has 0 atom stereocenters. The van der Waals surface area contributed by atoms with Crippen LogP contribution in [-0.4, -0.2) is 5.26 Å². The van der Waals surface area contributed by atoms with Gasteiger partial charge in [-0.15, -0.1) is 0 Å². The summed E-state index contributed by atoms with van der Waals surface area (Å²) in [5.41, 5.74) is 4.41. The third-order valence-electron chi connectivity index (χ3n) is 3.66. The molecular weight excluding hydrogens is 248 g/mol. The van der Waals surface area contributed by atoms with Crippen LogP contribution in [0.3, 0.4) is 0 Å². The van der Waals surface area contributed by atoms with Crippen molar-refractivity contribution in [1.29, 1.82) is 0 Å². The standard InChI is InChI=1S/C18H22O2/c1-12(2)14-5-7-15(8-6-14)17-10-9-16(13(3)4)11-18(17)20-19/h5-13,19H,1-4H3. The smallest absolute Gasteiger partial charge is 0.173 e. The van der Waals surface area contributed by atoms with Crippen LogP contribution in [0.2, 0.25) is 0 Å². The predicted molar refractivity (Wildman–Crippen MR) is 83.3 cm³/mol. The number of benzene rings is 2. The molecule has 20 heavy (non-hydrogen) atoms. The summed E-state index contributed by atoms with van der Waals surface area (Å²) in [6.07, 6.45) is 0. The second-order valence-corrected chi connectivity index (χ2v) is 5.78. The summed E-state index contributed by atoms with van der Waals surface area (Å²) in [5.74, 6) is 1.43. The minimum absolute atomic E-state index is 0.404. The van der Waals surface area contributed by atoms with Crippen molar-refractivity contribution >= 4 is 0 Å². The second-order valence-electron chi connectivity index (χ2n) is 5.78. The molecule has 0 aliphatic heterocycles. The summed E-state index contributed by atoms with van der Waals surface area (Å²) >= 11 is 0. The van der Waals surface area contributed by atoms with Crippen LogP contribution in [-0.2, 0) is 0 Å². The van der Waals surface area contributed by atoms with Gasteiger partial charge in [-0.1, -0.05) is 64.1 Å². The topological polar surface area (TPSA) is 29.5 Å². The molecule has 0 aliphatic carbocycles. The molecule has 0 radical (unpaired) electrons. The molecule has 0 aliphatic rings. The third-order valence-corrected chi connectivity index (χ3v) is 3.66. The van der Waals surface area contributed by atoms with Crippen LogP contribution in [0.15, 0.2) is 42.5 Å². The Bertz CT molecular complexity index is 568. The zero-order chi connectivity index (χ0) is 14.7. The van der Waals surface area contributed by atoms with Crippen molar-refractivity contribution in [1.82, 2.24) is 0 Å². The Labute approximate surface area is 121 Å². The molecule has 0 aromatic heterocycles. The van der Waals surface area contributed by atoms with E-state index in [1.807, 2.05) is 12.1 Å². The van der Waals surface area contributed by atoms with Crippen LogP contribution in [0, 0.1) is 0 Å². The minimum atomic E-state index is 0.404. The van der Waals surface area contributed by atoms with Gasteiger partial charge in [-0.25, -0.2) is 5.26 Å². The van der Waals surface area contributed by atoms with E-state index in [2.05, 4.69) is 62.9 Å². The van der Waals surface area contributed by atoms with E-state index in [1.165, 1.54) is 5.56 Å². The summed E-state index contributed by atoms with van der Waals surface area (Å²) < 4.78 is 0. The molecule has 0 heterocycles. The lowest BCUT2D eigenvalue weighted by Gasteiger charge is -2.12. The largest absolute Gasteiger partial charge is 0.340 e. The van der Waals surface area contributed by atoms with Crippen LogP contribution >= 0.6 is 0 Å². The van der Waals surface area contributed by atoms with E-state index in [0.717, 1.165) is 16.7 Å². The van der Waals surface area contributed by atoms with Crippen LogP contribution < -0.4 is 4.89 Å². The fraction of sp³-hybridized carbons (Fsp3) is 0.333. The Hall–Kier alpha value is -1.80. The predicted octanol–water partition coefficient (Wildman–Crippen LogP) is 5.45. The zero-order valence-corrected chi connectivity index (χ0v) is 12.6. The summed E-state index contributed by atoms with van der Waals surface area (Å²) in [5, 5.41) is 9.13. The first-order valence-electron chi connectivity index (χ1n) is 7.08. The van der Waals surface area contributed by atoms with Gasteiger partial charge in [0.15, 0.2) is 5.75 Å². The minimum Gasteiger partial charge on any atom is -0.340 e. The molecular formula is C18H22O2. The summed E-state index contributed by atoms with van der Waals surface area (Å²) in [7, 11) is 0. The van der Waals surface area contributed by atoms with E-state index in [0.29, 0.717) is 17.6 Å². The fourth-order valence-electron chi connectivity index (χ4n) is 2.26. The van der Waals surface area contributed by atoms with Crippen LogP contribution in [0.25, 0.3) is 11.1 Å². The second kappa shape index (κ2) is 6.10. The van der Waals surface area contributed by atoms with E-state index in [9.17, 15) is 0 Å². The number of hydrogen-bond donors (Lipinski definition) is 1. The SMILES string of the molecule is CC(C)c1ccc(-c2ccc(C(C)C)cc2OO)cc1. The quantitative estimate of drug-likeness (QED) is 0.591. The highest BCUT2D eigenvalue weighted by Crippen LogP contribution is 2.33. The first-order chi connectivity index (χ1) is 9.52. The lowest BCUT2D eigenvalue weighted by Crippen LogP contribution is -1.94.